The Balaban J connectivity index is 1.41. The second-order valence-electron chi connectivity index (χ2n) is 6.29. The Kier molecular flexibility index (Phi) is 4.15. The number of nitrogens with zero attached hydrogens (tertiary/aromatic N) is 6. The highest BCUT2D eigenvalue weighted by Crippen LogP contribution is 2.38. The quantitative estimate of drug-likeness (QED) is 0.900. The van der Waals surface area contributed by atoms with Gasteiger partial charge in [-0.3, -0.25) is 0 Å². The van der Waals surface area contributed by atoms with E-state index in [1.54, 1.807) is 0 Å². The minimum Gasteiger partial charge on any atom is -0.354 e. The molecule has 3 heterocycles. The maximum absolute atomic E-state index is 4.76. The molecule has 0 radical (unpaired) electrons. The maximum atomic E-state index is 4.76. The molecule has 126 valence electrons. The largest absolute Gasteiger partial charge is 0.354 e. The van der Waals surface area contributed by atoms with Gasteiger partial charge in [-0.1, -0.05) is 0 Å². The van der Waals surface area contributed by atoms with Crippen LogP contribution in [0.25, 0.3) is 0 Å². The zero-order valence-electron chi connectivity index (χ0n) is 14.0. The van der Waals surface area contributed by atoms with Crippen molar-refractivity contribution in [3.63, 3.8) is 0 Å². The van der Waals surface area contributed by atoms with Gasteiger partial charge in [0.05, 0.1) is 0 Å². The lowest BCUT2D eigenvalue weighted by Gasteiger charge is -2.36. The van der Waals surface area contributed by atoms with Gasteiger partial charge < -0.3 is 15.1 Å². The standard InChI is InChI=1S/C17H23N7/c1-2-18-17-20-8-6-15(22-17)24-11-9-23(10-12-24)14-5-7-19-16(21-14)13-3-4-13/h5-8,13H,2-4,9-12H2,1H3,(H,18,20,22). The predicted octanol–water partition coefficient (Wildman–Crippen LogP) is 1.90. The molecule has 2 fully saturated rings. The fraction of sp³-hybridized carbons (Fsp3) is 0.529. The van der Waals surface area contributed by atoms with Crippen LogP contribution >= 0.6 is 0 Å². The molecule has 0 unspecified atom stereocenters. The molecule has 1 saturated heterocycles. The number of aromatic nitrogens is 4. The normalized spacial score (nSPS) is 17.9. The van der Waals surface area contributed by atoms with Gasteiger partial charge in [-0.15, -0.1) is 0 Å². The summed E-state index contributed by atoms with van der Waals surface area (Å²) in [5.41, 5.74) is 0. The van der Waals surface area contributed by atoms with Crippen molar-refractivity contribution in [1.29, 1.82) is 0 Å². The molecule has 4 rings (SSSR count). The minimum absolute atomic E-state index is 0.594. The first kappa shape index (κ1) is 15.1. The SMILES string of the molecule is CCNc1nccc(N2CCN(c3ccnc(C4CC4)n3)CC2)n1. The van der Waals surface area contributed by atoms with Crippen molar-refractivity contribution in [2.75, 3.05) is 47.8 Å². The molecular weight excluding hydrogens is 302 g/mol. The second-order valence-corrected chi connectivity index (χ2v) is 6.29. The number of hydrogen-bond acceptors (Lipinski definition) is 7. The van der Waals surface area contributed by atoms with Crippen LogP contribution in [0.2, 0.25) is 0 Å². The minimum atomic E-state index is 0.594. The van der Waals surface area contributed by atoms with Crippen LogP contribution < -0.4 is 15.1 Å². The molecule has 0 spiro atoms. The van der Waals surface area contributed by atoms with Crippen LogP contribution in [0.4, 0.5) is 17.6 Å². The molecule has 2 aromatic heterocycles. The van der Waals surface area contributed by atoms with E-state index in [-0.39, 0.29) is 0 Å². The highest BCUT2D eigenvalue weighted by molar-refractivity contribution is 5.46. The zero-order valence-corrected chi connectivity index (χ0v) is 14.0. The van der Waals surface area contributed by atoms with Crippen molar-refractivity contribution < 1.29 is 0 Å². The molecule has 0 atom stereocenters. The second kappa shape index (κ2) is 6.59. The molecule has 1 N–H and O–H groups in total. The maximum Gasteiger partial charge on any atom is 0.224 e. The van der Waals surface area contributed by atoms with Gasteiger partial charge in [-0.05, 0) is 31.9 Å². The number of piperazine rings is 1. The summed E-state index contributed by atoms with van der Waals surface area (Å²) in [5.74, 6) is 4.35. The number of hydrogen-bond donors (Lipinski definition) is 1. The Morgan fingerprint density at radius 1 is 0.958 bits per heavy atom. The van der Waals surface area contributed by atoms with E-state index < -0.39 is 0 Å². The van der Waals surface area contributed by atoms with Crippen LogP contribution in [-0.4, -0.2) is 52.7 Å². The molecule has 2 aliphatic rings. The van der Waals surface area contributed by atoms with Gasteiger partial charge >= 0.3 is 0 Å². The molecule has 0 amide bonds. The van der Waals surface area contributed by atoms with Crippen LogP contribution in [0.3, 0.4) is 0 Å². The van der Waals surface area contributed by atoms with Crippen LogP contribution in [0.1, 0.15) is 31.5 Å². The third kappa shape index (κ3) is 3.25. The fourth-order valence-corrected chi connectivity index (χ4v) is 3.01. The van der Waals surface area contributed by atoms with E-state index in [0.717, 1.165) is 50.2 Å². The lowest BCUT2D eigenvalue weighted by molar-refractivity contribution is 0.638. The highest BCUT2D eigenvalue weighted by Gasteiger charge is 2.27. The summed E-state index contributed by atoms with van der Waals surface area (Å²) in [6.45, 7) is 6.64. The summed E-state index contributed by atoms with van der Waals surface area (Å²) in [4.78, 5) is 22.7. The van der Waals surface area contributed by atoms with Crippen molar-refractivity contribution in [3.05, 3.63) is 30.4 Å². The topological polar surface area (TPSA) is 70.1 Å². The van der Waals surface area contributed by atoms with Gasteiger partial charge in [0.25, 0.3) is 0 Å². The van der Waals surface area contributed by atoms with Crippen molar-refractivity contribution in [2.45, 2.75) is 25.7 Å². The zero-order chi connectivity index (χ0) is 16.4. The highest BCUT2D eigenvalue weighted by atomic mass is 15.3. The van der Waals surface area contributed by atoms with Gasteiger partial charge in [-0.25, -0.2) is 15.0 Å². The van der Waals surface area contributed by atoms with Gasteiger partial charge in [0, 0.05) is 51.0 Å². The van der Waals surface area contributed by atoms with E-state index >= 15 is 0 Å². The van der Waals surface area contributed by atoms with Crippen molar-refractivity contribution in [3.8, 4) is 0 Å². The average Bonchev–Trinajstić information content (AvgIpc) is 3.48. The first-order valence-electron chi connectivity index (χ1n) is 8.73. The van der Waals surface area contributed by atoms with Crippen molar-refractivity contribution >= 4 is 17.6 Å². The third-order valence-corrected chi connectivity index (χ3v) is 4.51. The van der Waals surface area contributed by atoms with Crippen LogP contribution in [-0.2, 0) is 0 Å². The smallest absolute Gasteiger partial charge is 0.224 e. The number of rotatable bonds is 5. The Morgan fingerprint density at radius 2 is 1.58 bits per heavy atom. The lowest BCUT2D eigenvalue weighted by Crippen LogP contribution is -2.47. The Morgan fingerprint density at radius 3 is 2.21 bits per heavy atom. The first-order valence-corrected chi connectivity index (χ1v) is 8.73. The summed E-state index contributed by atoms with van der Waals surface area (Å²) in [6, 6.07) is 4.00. The van der Waals surface area contributed by atoms with Crippen molar-refractivity contribution in [1.82, 2.24) is 19.9 Å². The van der Waals surface area contributed by atoms with Gasteiger partial charge in [-0.2, -0.15) is 4.98 Å². The fourth-order valence-electron chi connectivity index (χ4n) is 3.01. The molecule has 2 aromatic rings. The van der Waals surface area contributed by atoms with Crippen LogP contribution in [0.15, 0.2) is 24.5 Å². The molecule has 0 bridgehead atoms. The van der Waals surface area contributed by atoms with E-state index in [0.29, 0.717) is 11.9 Å². The summed E-state index contributed by atoms with van der Waals surface area (Å²) in [6.07, 6.45) is 6.19. The Bertz CT molecular complexity index is 693. The first-order chi connectivity index (χ1) is 11.8. The van der Waals surface area contributed by atoms with Gasteiger partial charge in [0.15, 0.2) is 0 Å². The van der Waals surface area contributed by atoms with Gasteiger partial charge in [0.2, 0.25) is 5.95 Å². The van der Waals surface area contributed by atoms with E-state index in [4.69, 9.17) is 4.98 Å². The summed E-state index contributed by atoms with van der Waals surface area (Å²) in [7, 11) is 0. The van der Waals surface area contributed by atoms with E-state index in [2.05, 4.69) is 30.1 Å². The Hall–Kier alpha value is -2.44. The van der Waals surface area contributed by atoms with Crippen molar-refractivity contribution in [2.24, 2.45) is 0 Å². The molecule has 0 aromatic carbocycles. The summed E-state index contributed by atoms with van der Waals surface area (Å²) in [5, 5.41) is 3.17. The Labute approximate surface area is 142 Å². The van der Waals surface area contributed by atoms with Crippen LogP contribution in [0, 0.1) is 0 Å². The third-order valence-electron chi connectivity index (χ3n) is 4.51. The molecule has 24 heavy (non-hydrogen) atoms. The van der Waals surface area contributed by atoms with E-state index in [9.17, 15) is 0 Å². The molecule has 7 heteroatoms. The van der Waals surface area contributed by atoms with E-state index in [1.165, 1.54) is 12.8 Å². The predicted molar refractivity (Wildman–Crippen MR) is 94.6 cm³/mol. The van der Waals surface area contributed by atoms with Gasteiger partial charge in [0.1, 0.15) is 17.5 Å². The molecule has 7 nitrogen and oxygen atoms in total. The molecule has 1 aliphatic heterocycles. The summed E-state index contributed by atoms with van der Waals surface area (Å²) >= 11 is 0. The summed E-state index contributed by atoms with van der Waals surface area (Å²) < 4.78 is 0. The number of anilines is 3. The number of nitrogens with one attached hydrogen (secondary N) is 1. The lowest BCUT2D eigenvalue weighted by atomic mass is 10.3. The average molecular weight is 325 g/mol. The monoisotopic (exact) mass is 325 g/mol. The molecule has 1 saturated carbocycles. The van der Waals surface area contributed by atoms with E-state index in [1.807, 2.05) is 31.5 Å². The molecular formula is C17H23N7. The van der Waals surface area contributed by atoms with Crippen LogP contribution in [0.5, 0.6) is 0 Å². The molecule has 1 aliphatic carbocycles.